The highest BCUT2D eigenvalue weighted by Gasteiger charge is 2.57. The van der Waals surface area contributed by atoms with Crippen LogP contribution in [0, 0.1) is 11.3 Å². The van der Waals surface area contributed by atoms with E-state index in [0.717, 1.165) is 6.61 Å². The van der Waals surface area contributed by atoms with Gasteiger partial charge >= 0.3 is 0 Å². The Morgan fingerprint density at radius 1 is 1.20 bits per heavy atom. The Labute approximate surface area is 122 Å². The molecule has 1 aliphatic heterocycles. The van der Waals surface area contributed by atoms with Crippen LogP contribution < -0.4 is 5.32 Å². The van der Waals surface area contributed by atoms with Gasteiger partial charge < -0.3 is 10.1 Å². The molecule has 2 fully saturated rings. The average molecular weight is 273 g/mol. The van der Waals surface area contributed by atoms with Crippen LogP contribution >= 0.6 is 0 Å². The molecule has 1 saturated heterocycles. The Bertz CT molecular complexity index is 463. The van der Waals surface area contributed by atoms with Gasteiger partial charge in [-0.3, -0.25) is 0 Å². The molecule has 3 rings (SSSR count). The summed E-state index contributed by atoms with van der Waals surface area (Å²) in [5.74, 6) is 1.28. The first-order chi connectivity index (χ1) is 9.50. The number of hydrogen-bond donors (Lipinski definition) is 1. The van der Waals surface area contributed by atoms with E-state index in [2.05, 4.69) is 57.3 Å². The van der Waals surface area contributed by atoms with Crippen molar-refractivity contribution in [3.63, 3.8) is 0 Å². The first-order valence-electron chi connectivity index (χ1n) is 7.98. The number of benzene rings is 1. The molecule has 0 spiro atoms. The number of fused-ring (bicyclic) bond motifs is 1. The Balaban J connectivity index is 1.71. The summed E-state index contributed by atoms with van der Waals surface area (Å²) >= 11 is 0. The maximum Gasteiger partial charge on any atom is 0.0693 e. The molecule has 0 amide bonds. The standard InChI is InChI=1S/C18H27NO/c1-12(2)13-7-9-14(10-8-13)19-16-15-6-5-11-20-17(15)18(16,3)4/h7-10,12,15-17,19H,5-6,11H2,1-4H3. The van der Waals surface area contributed by atoms with E-state index in [9.17, 15) is 0 Å². The number of ether oxygens (including phenoxy) is 1. The van der Waals surface area contributed by atoms with Crippen LogP contribution in [-0.4, -0.2) is 18.8 Å². The van der Waals surface area contributed by atoms with Gasteiger partial charge in [0.1, 0.15) is 0 Å². The van der Waals surface area contributed by atoms with Gasteiger partial charge in [-0.2, -0.15) is 0 Å². The fourth-order valence-electron chi connectivity index (χ4n) is 3.96. The summed E-state index contributed by atoms with van der Waals surface area (Å²) in [7, 11) is 0. The summed E-state index contributed by atoms with van der Waals surface area (Å²) < 4.78 is 5.97. The topological polar surface area (TPSA) is 21.3 Å². The molecule has 2 nitrogen and oxygen atoms in total. The van der Waals surface area contributed by atoms with Crippen molar-refractivity contribution >= 4 is 5.69 Å². The number of rotatable bonds is 3. The van der Waals surface area contributed by atoms with Gasteiger partial charge in [-0.1, -0.05) is 39.8 Å². The zero-order valence-corrected chi connectivity index (χ0v) is 13.1. The first-order valence-corrected chi connectivity index (χ1v) is 7.98. The van der Waals surface area contributed by atoms with Crippen LogP contribution in [0.2, 0.25) is 0 Å². The van der Waals surface area contributed by atoms with Crippen molar-refractivity contribution in [1.82, 2.24) is 0 Å². The lowest BCUT2D eigenvalue weighted by atomic mass is 9.55. The molecular weight excluding hydrogens is 246 g/mol. The van der Waals surface area contributed by atoms with E-state index in [-0.39, 0.29) is 5.41 Å². The molecular formula is C18H27NO. The molecule has 0 aromatic heterocycles. The van der Waals surface area contributed by atoms with E-state index < -0.39 is 0 Å². The van der Waals surface area contributed by atoms with Crippen molar-refractivity contribution < 1.29 is 4.74 Å². The number of nitrogens with one attached hydrogen (secondary N) is 1. The molecule has 1 aromatic rings. The predicted molar refractivity (Wildman–Crippen MR) is 84.2 cm³/mol. The molecule has 1 aliphatic carbocycles. The molecule has 0 bridgehead atoms. The van der Waals surface area contributed by atoms with Gasteiger partial charge in [0, 0.05) is 29.7 Å². The lowest BCUT2D eigenvalue weighted by Crippen LogP contribution is -2.67. The quantitative estimate of drug-likeness (QED) is 0.880. The maximum absolute atomic E-state index is 5.97. The highest BCUT2D eigenvalue weighted by atomic mass is 16.5. The minimum atomic E-state index is 0.238. The maximum atomic E-state index is 5.97. The molecule has 3 atom stereocenters. The third kappa shape index (κ3) is 2.24. The molecule has 1 heterocycles. The zero-order chi connectivity index (χ0) is 14.3. The van der Waals surface area contributed by atoms with Gasteiger partial charge in [-0.15, -0.1) is 0 Å². The monoisotopic (exact) mass is 273 g/mol. The van der Waals surface area contributed by atoms with Gasteiger partial charge in [0.2, 0.25) is 0 Å². The van der Waals surface area contributed by atoms with Crippen LogP contribution in [-0.2, 0) is 4.74 Å². The smallest absolute Gasteiger partial charge is 0.0693 e. The van der Waals surface area contributed by atoms with Gasteiger partial charge in [0.05, 0.1) is 6.10 Å². The lowest BCUT2D eigenvalue weighted by molar-refractivity contribution is -0.177. The van der Waals surface area contributed by atoms with Crippen LogP contribution in [0.3, 0.4) is 0 Å². The second-order valence-corrected chi connectivity index (χ2v) is 7.32. The molecule has 3 unspecified atom stereocenters. The molecule has 1 aromatic carbocycles. The summed E-state index contributed by atoms with van der Waals surface area (Å²) in [5.41, 5.74) is 2.89. The van der Waals surface area contributed by atoms with Crippen molar-refractivity contribution in [2.75, 3.05) is 11.9 Å². The Hall–Kier alpha value is -1.02. The highest BCUT2D eigenvalue weighted by molar-refractivity contribution is 5.47. The Morgan fingerprint density at radius 2 is 1.90 bits per heavy atom. The lowest BCUT2D eigenvalue weighted by Gasteiger charge is -2.60. The molecule has 1 saturated carbocycles. The van der Waals surface area contributed by atoms with Gasteiger partial charge in [0.15, 0.2) is 0 Å². The van der Waals surface area contributed by atoms with Crippen LogP contribution in [0.4, 0.5) is 5.69 Å². The Morgan fingerprint density at radius 3 is 2.55 bits per heavy atom. The van der Waals surface area contributed by atoms with Gasteiger partial charge in [0.25, 0.3) is 0 Å². The minimum Gasteiger partial charge on any atom is -0.381 e. The third-order valence-electron chi connectivity index (χ3n) is 5.23. The summed E-state index contributed by atoms with van der Waals surface area (Å²) in [6.07, 6.45) is 2.96. The van der Waals surface area contributed by atoms with E-state index in [1.54, 1.807) is 0 Å². The van der Waals surface area contributed by atoms with E-state index in [1.807, 2.05) is 0 Å². The van der Waals surface area contributed by atoms with Crippen molar-refractivity contribution in [3.05, 3.63) is 29.8 Å². The summed E-state index contributed by atoms with van der Waals surface area (Å²) in [4.78, 5) is 0. The van der Waals surface area contributed by atoms with Crippen LogP contribution in [0.15, 0.2) is 24.3 Å². The predicted octanol–water partition coefficient (Wildman–Crippen LogP) is 4.43. The minimum absolute atomic E-state index is 0.238. The second-order valence-electron chi connectivity index (χ2n) is 7.32. The molecule has 1 N–H and O–H groups in total. The highest BCUT2D eigenvalue weighted by Crippen LogP contribution is 2.52. The summed E-state index contributed by atoms with van der Waals surface area (Å²) in [6, 6.07) is 9.48. The van der Waals surface area contributed by atoms with Gasteiger partial charge in [-0.25, -0.2) is 0 Å². The zero-order valence-electron chi connectivity index (χ0n) is 13.1. The van der Waals surface area contributed by atoms with Crippen LogP contribution in [0.25, 0.3) is 0 Å². The van der Waals surface area contributed by atoms with E-state index in [1.165, 1.54) is 24.1 Å². The van der Waals surface area contributed by atoms with Crippen LogP contribution in [0.5, 0.6) is 0 Å². The third-order valence-corrected chi connectivity index (χ3v) is 5.23. The normalized spacial score (nSPS) is 31.6. The number of anilines is 1. The fourth-order valence-corrected chi connectivity index (χ4v) is 3.96. The average Bonchev–Trinajstić information content (AvgIpc) is 2.45. The summed E-state index contributed by atoms with van der Waals surface area (Å²) in [6.45, 7) is 10.1. The second kappa shape index (κ2) is 5.07. The van der Waals surface area contributed by atoms with Crippen molar-refractivity contribution in [1.29, 1.82) is 0 Å². The summed E-state index contributed by atoms with van der Waals surface area (Å²) in [5, 5.41) is 3.75. The molecule has 0 radical (unpaired) electrons. The fraction of sp³-hybridized carbons (Fsp3) is 0.667. The van der Waals surface area contributed by atoms with Crippen LogP contribution in [0.1, 0.15) is 52.0 Å². The first kappa shape index (κ1) is 13.9. The van der Waals surface area contributed by atoms with Crippen molar-refractivity contribution in [3.8, 4) is 0 Å². The van der Waals surface area contributed by atoms with E-state index in [0.29, 0.717) is 24.0 Å². The molecule has 2 aliphatic rings. The van der Waals surface area contributed by atoms with E-state index in [4.69, 9.17) is 4.74 Å². The Kier molecular flexibility index (Phi) is 3.53. The van der Waals surface area contributed by atoms with Crippen molar-refractivity contribution in [2.24, 2.45) is 11.3 Å². The van der Waals surface area contributed by atoms with E-state index >= 15 is 0 Å². The number of hydrogen-bond acceptors (Lipinski definition) is 2. The molecule has 20 heavy (non-hydrogen) atoms. The SMILES string of the molecule is CC(C)c1ccc(NC2C3CCCOC3C2(C)C)cc1. The largest absolute Gasteiger partial charge is 0.381 e. The van der Waals surface area contributed by atoms with Gasteiger partial charge in [-0.05, 0) is 36.5 Å². The molecule has 110 valence electrons. The molecule has 2 heteroatoms. The van der Waals surface area contributed by atoms with Crippen molar-refractivity contribution in [2.45, 2.75) is 58.6 Å².